The number of thioether (sulfide) groups is 2. The molecule has 0 radical (unpaired) electrons. The second-order valence-corrected chi connectivity index (χ2v) is 9.58. The summed E-state index contributed by atoms with van der Waals surface area (Å²) in [5, 5.41) is 6.12. The second-order valence-electron chi connectivity index (χ2n) is 6.86. The van der Waals surface area contributed by atoms with Crippen LogP contribution in [-0.4, -0.2) is 36.8 Å². The molecule has 0 saturated carbocycles. The zero-order chi connectivity index (χ0) is 21.5. The van der Waals surface area contributed by atoms with Gasteiger partial charge in [0.05, 0.1) is 17.4 Å². The largest absolute Gasteiger partial charge is 0.493 e. The topological polar surface area (TPSA) is 59.9 Å². The predicted molar refractivity (Wildman–Crippen MR) is 130 cm³/mol. The molecule has 1 aliphatic rings. The van der Waals surface area contributed by atoms with Gasteiger partial charge in [-0.3, -0.25) is 4.79 Å². The summed E-state index contributed by atoms with van der Waals surface area (Å²) < 4.78 is 11.8. The number of carbonyl (C=O) groups is 1. The van der Waals surface area contributed by atoms with Crippen molar-refractivity contribution in [3.05, 3.63) is 71.8 Å². The van der Waals surface area contributed by atoms with Crippen LogP contribution in [0.2, 0.25) is 0 Å². The molecule has 0 bridgehead atoms. The summed E-state index contributed by atoms with van der Waals surface area (Å²) in [6, 6.07) is 19.8. The molecule has 5 nitrogen and oxygen atoms in total. The third kappa shape index (κ3) is 5.54. The van der Waals surface area contributed by atoms with E-state index in [9.17, 15) is 4.79 Å². The van der Waals surface area contributed by atoms with E-state index in [1.165, 1.54) is 17.1 Å². The normalized spacial score (nSPS) is 14.2. The first kappa shape index (κ1) is 21.6. The van der Waals surface area contributed by atoms with Gasteiger partial charge in [0.25, 0.3) is 5.91 Å². The fourth-order valence-electron chi connectivity index (χ4n) is 3.32. The first-order valence-corrected chi connectivity index (χ1v) is 12.3. The van der Waals surface area contributed by atoms with Gasteiger partial charge in [-0.25, -0.2) is 5.43 Å². The van der Waals surface area contributed by atoms with E-state index in [1.54, 1.807) is 6.21 Å². The number of amides is 1. The number of ether oxygens (including phenoxy) is 2. The molecule has 3 aromatic rings. The van der Waals surface area contributed by atoms with Crippen LogP contribution in [0.25, 0.3) is 10.8 Å². The molecular formula is C24H24N2O3S2. The van der Waals surface area contributed by atoms with Crippen LogP contribution in [0.5, 0.6) is 11.5 Å². The van der Waals surface area contributed by atoms with E-state index in [0.717, 1.165) is 22.1 Å². The highest BCUT2D eigenvalue weighted by Crippen LogP contribution is 2.45. The molecule has 1 aliphatic heterocycles. The monoisotopic (exact) mass is 452 g/mol. The molecule has 1 heterocycles. The number of benzene rings is 3. The van der Waals surface area contributed by atoms with Crippen LogP contribution in [0.4, 0.5) is 0 Å². The van der Waals surface area contributed by atoms with Crippen molar-refractivity contribution in [1.82, 2.24) is 5.43 Å². The Morgan fingerprint density at radius 1 is 1.03 bits per heavy atom. The van der Waals surface area contributed by atoms with Gasteiger partial charge in [-0.1, -0.05) is 36.4 Å². The lowest BCUT2D eigenvalue weighted by molar-refractivity contribution is -0.123. The van der Waals surface area contributed by atoms with Crippen molar-refractivity contribution in [2.75, 3.05) is 24.7 Å². The predicted octanol–water partition coefficient (Wildman–Crippen LogP) is 5.25. The van der Waals surface area contributed by atoms with Crippen molar-refractivity contribution in [3.8, 4) is 11.5 Å². The molecule has 1 amide bonds. The Morgan fingerprint density at radius 2 is 1.77 bits per heavy atom. The molecular weight excluding hydrogens is 428 g/mol. The minimum atomic E-state index is -0.308. The number of carbonyl (C=O) groups excluding carboxylic acids is 1. The van der Waals surface area contributed by atoms with Crippen LogP contribution in [0.3, 0.4) is 0 Å². The van der Waals surface area contributed by atoms with Crippen LogP contribution >= 0.6 is 23.5 Å². The van der Waals surface area contributed by atoms with Crippen molar-refractivity contribution >= 4 is 46.4 Å². The van der Waals surface area contributed by atoms with Gasteiger partial charge in [0.15, 0.2) is 6.61 Å². The quantitative estimate of drug-likeness (QED) is 0.374. The van der Waals surface area contributed by atoms with E-state index in [0.29, 0.717) is 16.9 Å². The maximum Gasteiger partial charge on any atom is 0.277 e. The smallest absolute Gasteiger partial charge is 0.277 e. The Balaban J connectivity index is 1.32. The highest BCUT2D eigenvalue weighted by atomic mass is 32.2. The summed E-state index contributed by atoms with van der Waals surface area (Å²) >= 11 is 3.93. The summed E-state index contributed by atoms with van der Waals surface area (Å²) in [6.45, 7) is 2.48. The van der Waals surface area contributed by atoms with Gasteiger partial charge in [0, 0.05) is 22.5 Å². The lowest BCUT2D eigenvalue weighted by atomic mass is 10.0. The van der Waals surface area contributed by atoms with E-state index < -0.39 is 0 Å². The molecule has 7 heteroatoms. The number of hydrogen-bond acceptors (Lipinski definition) is 6. The summed E-state index contributed by atoms with van der Waals surface area (Å²) in [4.78, 5) is 12.1. The lowest BCUT2D eigenvalue weighted by Gasteiger charge is -2.10. The fourth-order valence-corrected chi connectivity index (χ4v) is 6.18. The fraction of sp³-hybridized carbons (Fsp3) is 0.250. The number of fused-ring (bicyclic) bond motifs is 1. The van der Waals surface area contributed by atoms with E-state index in [4.69, 9.17) is 9.47 Å². The maximum atomic E-state index is 12.1. The second kappa shape index (κ2) is 10.6. The molecule has 4 rings (SSSR count). The van der Waals surface area contributed by atoms with Crippen LogP contribution in [0, 0.1) is 0 Å². The number of nitrogens with one attached hydrogen (secondary N) is 1. The van der Waals surface area contributed by atoms with Gasteiger partial charge in [0.1, 0.15) is 11.5 Å². The SMILES string of the molecule is CCOc1ccc(/C=N\NC(=O)COc2ccc(C3SCCS3)cc2)c2ccccc12. The Kier molecular flexibility index (Phi) is 7.38. The summed E-state index contributed by atoms with van der Waals surface area (Å²) in [5.74, 6) is 3.59. The summed E-state index contributed by atoms with van der Waals surface area (Å²) in [5.41, 5.74) is 4.72. The zero-order valence-corrected chi connectivity index (χ0v) is 18.9. The van der Waals surface area contributed by atoms with Crippen LogP contribution in [0.1, 0.15) is 22.6 Å². The highest BCUT2D eigenvalue weighted by Gasteiger charge is 2.18. The number of rotatable bonds is 8. The molecule has 0 spiro atoms. The standard InChI is InChI=1S/C24H24N2O3S2/c1-2-28-22-12-9-18(20-5-3-4-6-21(20)22)15-25-26-23(27)16-29-19-10-7-17(8-11-19)24-30-13-14-31-24/h3-12,15,24H,2,13-14,16H2,1H3,(H,26,27)/b25-15-. The minimum Gasteiger partial charge on any atom is -0.493 e. The molecule has 0 unspecified atom stereocenters. The lowest BCUT2D eigenvalue weighted by Crippen LogP contribution is -2.24. The van der Waals surface area contributed by atoms with E-state index in [2.05, 4.69) is 22.7 Å². The summed E-state index contributed by atoms with van der Waals surface area (Å²) in [7, 11) is 0. The van der Waals surface area contributed by atoms with Gasteiger partial charge in [-0.2, -0.15) is 5.10 Å². The van der Waals surface area contributed by atoms with Gasteiger partial charge >= 0.3 is 0 Å². The highest BCUT2D eigenvalue weighted by molar-refractivity contribution is 8.19. The average Bonchev–Trinajstić information content (AvgIpc) is 3.34. The van der Waals surface area contributed by atoms with Gasteiger partial charge in [0.2, 0.25) is 0 Å². The van der Waals surface area contributed by atoms with Gasteiger partial charge < -0.3 is 9.47 Å². The van der Waals surface area contributed by atoms with Gasteiger partial charge in [-0.15, -0.1) is 23.5 Å². The summed E-state index contributed by atoms with van der Waals surface area (Å²) in [6.07, 6.45) is 1.64. The third-order valence-electron chi connectivity index (χ3n) is 4.75. The Bertz CT molecular complexity index is 1060. The molecule has 1 fully saturated rings. The van der Waals surface area contributed by atoms with Crippen LogP contribution in [0.15, 0.2) is 65.8 Å². The van der Waals surface area contributed by atoms with Crippen molar-refractivity contribution in [1.29, 1.82) is 0 Å². The molecule has 1 saturated heterocycles. The number of hydrogen-bond donors (Lipinski definition) is 1. The van der Waals surface area contributed by atoms with Crippen LogP contribution < -0.4 is 14.9 Å². The molecule has 3 aromatic carbocycles. The van der Waals surface area contributed by atoms with E-state index in [1.807, 2.05) is 79.0 Å². The Labute approximate surface area is 190 Å². The van der Waals surface area contributed by atoms with E-state index >= 15 is 0 Å². The third-order valence-corrected chi connectivity index (χ3v) is 7.86. The first-order chi connectivity index (χ1) is 15.2. The molecule has 0 atom stereocenters. The average molecular weight is 453 g/mol. The minimum absolute atomic E-state index is 0.0896. The molecule has 0 aromatic heterocycles. The maximum absolute atomic E-state index is 12.1. The zero-order valence-electron chi connectivity index (χ0n) is 17.2. The van der Waals surface area contributed by atoms with E-state index in [-0.39, 0.29) is 12.5 Å². The van der Waals surface area contributed by atoms with Crippen molar-refractivity contribution in [2.45, 2.75) is 11.5 Å². The van der Waals surface area contributed by atoms with Crippen molar-refractivity contribution < 1.29 is 14.3 Å². The first-order valence-electron chi connectivity index (χ1n) is 10.2. The molecule has 0 aliphatic carbocycles. The number of hydrazone groups is 1. The van der Waals surface area contributed by atoms with Crippen molar-refractivity contribution in [2.24, 2.45) is 5.10 Å². The number of nitrogens with zero attached hydrogens (tertiary/aromatic N) is 1. The van der Waals surface area contributed by atoms with Gasteiger partial charge in [-0.05, 0) is 42.1 Å². The van der Waals surface area contributed by atoms with Crippen LogP contribution in [-0.2, 0) is 4.79 Å². The molecule has 31 heavy (non-hydrogen) atoms. The van der Waals surface area contributed by atoms with Crippen molar-refractivity contribution in [3.63, 3.8) is 0 Å². The molecule has 160 valence electrons. The molecule has 1 N–H and O–H groups in total. The Hall–Kier alpha value is -2.64. The Morgan fingerprint density at radius 3 is 2.52 bits per heavy atom.